The van der Waals surface area contributed by atoms with E-state index in [4.69, 9.17) is 11.6 Å². The molecule has 2 aromatic rings. The van der Waals surface area contributed by atoms with E-state index >= 15 is 0 Å². The van der Waals surface area contributed by atoms with Crippen LogP contribution in [-0.2, 0) is 22.9 Å². The largest absolute Gasteiger partial charge is 0.279 e. The van der Waals surface area contributed by atoms with E-state index in [0.29, 0.717) is 23.9 Å². The van der Waals surface area contributed by atoms with Gasteiger partial charge in [0.1, 0.15) is 0 Å². The van der Waals surface area contributed by atoms with Gasteiger partial charge in [-0.3, -0.25) is 20.4 Å². The van der Waals surface area contributed by atoms with E-state index < -0.39 is 21.8 Å². The molecule has 1 atom stereocenters. The van der Waals surface area contributed by atoms with Gasteiger partial charge in [-0.15, -0.1) is 11.3 Å². The third-order valence-corrected chi connectivity index (χ3v) is 8.98. The Morgan fingerprint density at radius 2 is 1.84 bits per heavy atom. The number of thiophene rings is 1. The van der Waals surface area contributed by atoms with Gasteiger partial charge in [0, 0.05) is 18.0 Å². The monoisotopic (exact) mass is 483 g/mol. The maximum Gasteiger partial charge on any atom is 0.279 e. The van der Waals surface area contributed by atoms with E-state index in [0.717, 1.165) is 19.3 Å². The lowest BCUT2D eigenvalue weighted by atomic mass is 9.90. The standard InChI is InChI=1S/C21H26ClN3O4S2/c1-4-25(5-2)31(28,29)15-7-8-17(22)16(12-15)20(26)23-24-21(27)19-11-14-10-13(3)6-9-18(14)30-19/h7-8,11-13H,4-6,9-10H2,1-3H3,(H,23,26)(H,24,27). The van der Waals surface area contributed by atoms with Crippen molar-refractivity contribution in [3.05, 3.63) is 50.2 Å². The number of benzene rings is 1. The molecule has 1 aromatic carbocycles. The Balaban J connectivity index is 1.73. The molecule has 1 aliphatic carbocycles. The molecule has 2 amide bonds. The average molecular weight is 484 g/mol. The van der Waals surface area contributed by atoms with E-state index in [-0.39, 0.29) is 15.5 Å². The molecular formula is C21H26ClN3O4S2. The molecule has 1 aromatic heterocycles. The zero-order valence-electron chi connectivity index (χ0n) is 17.7. The van der Waals surface area contributed by atoms with Crippen LogP contribution in [0, 0.1) is 5.92 Å². The highest BCUT2D eigenvalue weighted by molar-refractivity contribution is 7.89. The number of nitrogens with one attached hydrogen (secondary N) is 2. The van der Waals surface area contributed by atoms with Gasteiger partial charge in [-0.25, -0.2) is 8.42 Å². The number of nitrogens with zero attached hydrogens (tertiary/aromatic N) is 1. The first-order valence-electron chi connectivity index (χ1n) is 10.2. The molecule has 31 heavy (non-hydrogen) atoms. The summed E-state index contributed by atoms with van der Waals surface area (Å²) in [4.78, 5) is 26.8. The Bertz CT molecular complexity index is 1090. The van der Waals surface area contributed by atoms with Crippen LogP contribution < -0.4 is 10.9 Å². The van der Waals surface area contributed by atoms with Crippen molar-refractivity contribution in [3.63, 3.8) is 0 Å². The number of hydrazine groups is 1. The lowest BCUT2D eigenvalue weighted by Crippen LogP contribution is -2.41. The minimum atomic E-state index is -3.75. The van der Waals surface area contributed by atoms with Crippen molar-refractivity contribution in [3.8, 4) is 0 Å². The van der Waals surface area contributed by atoms with Crippen molar-refractivity contribution in [1.29, 1.82) is 0 Å². The topological polar surface area (TPSA) is 95.6 Å². The molecule has 0 radical (unpaired) electrons. The molecule has 10 heteroatoms. The Morgan fingerprint density at radius 3 is 2.52 bits per heavy atom. The molecule has 7 nitrogen and oxygen atoms in total. The fraction of sp³-hybridized carbons (Fsp3) is 0.429. The second-order valence-electron chi connectivity index (χ2n) is 7.55. The molecule has 0 spiro atoms. The second-order valence-corrected chi connectivity index (χ2v) is 11.0. The Kier molecular flexibility index (Phi) is 7.41. The van der Waals surface area contributed by atoms with Gasteiger partial charge in [0.25, 0.3) is 11.8 Å². The van der Waals surface area contributed by atoms with Gasteiger partial charge < -0.3 is 0 Å². The fourth-order valence-corrected chi connectivity index (χ4v) is 6.40. The summed E-state index contributed by atoms with van der Waals surface area (Å²) in [6.07, 6.45) is 3.02. The van der Waals surface area contributed by atoms with Crippen LogP contribution >= 0.6 is 22.9 Å². The molecule has 2 N–H and O–H groups in total. The van der Waals surface area contributed by atoms with Gasteiger partial charge in [-0.1, -0.05) is 32.4 Å². The van der Waals surface area contributed by atoms with Crippen LogP contribution in [0.1, 0.15) is 57.7 Å². The van der Waals surface area contributed by atoms with E-state index in [1.165, 1.54) is 44.3 Å². The summed E-state index contributed by atoms with van der Waals surface area (Å²) in [6, 6.07) is 5.83. The molecule has 0 fully saturated rings. The highest BCUT2D eigenvalue weighted by Gasteiger charge is 2.25. The zero-order chi connectivity index (χ0) is 22.8. The predicted molar refractivity (Wildman–Crippen MR) is 122 cm³/mol. The predicted octanol–water partition coefficient (Wildman–Crippen LogP) is 3.63. The number of sulfonamides is 1. The van der Waals surface area contributed by atoms with Gasteiger partial charge in [-0.05, 0) is 55.0 Å². The number of hydrogen-bond donors (Lipinski definition) is 2. The van der Waals surface area contributed by atoms with Crippen molar-refractivity contribution in [2.45, 2.75) is 44.9 Å². The zero-order valence-corrected chi connectivity index (χ0v) is 20.1. The molecule has 1 heterocycles. The number of carbonyl (C=O) groups is 2. The summed E-state index contributed by atoms with van der Waals surface area (Å²) in [5.41, 5.74) is 5.90. The van der Waals surface area contributed by atoms with Crippen LogP contribution in [-0.4, -0.2) is 37.6 Å². The number of hydrogen-bond acceptors (Lipinski definition) is 5. The van der Waals surface area contributed by atoms with Crippen LogP contribution in [0.4, 0.5) is 0 Å². The van der Waals surface area contributed by atoms with Crippen molar-refractivity contribution >= 4 is 44.8 Å². The van der Waals surface area contributed by atoms with E-state index in [1.54, 1.807) is 13.8 Å². The summed E-state index contributed by atoms with van der Waals surface area (Å²) >= 11 is 7.56. The molecule has 0 bridgehead atoms. The fourth-order valence-electron chi connectivity index (χ4n) is 3.61. The van der Waals surface area contributed by atoms with Crippen molar-refractivity contribution in [1.82, 2.24) is 15.2 Å². The number of aryl methyl sites for hydroxylation is 1. The molecule has 0 saturated carbocycles. The summed E-state index contributed by atoms with van der Waals surface area (Å²) in [7, 11) is -3.75. The van der Waals surface area contributed by atoms with Crippen LogP contribution in [0.2, 0.25) is 5.02 Å². The van der Waals surface area contributed by atoms with Gasteiger partial charge in [0.15, 0.2) is 0 Å². The lowest BCUT2D eigenvalue weighted by Gasteiger charge is -2.19. The first-order chi connectivity index (χ1) is 14.7. The smallest absolute Gasteiger partial charge is 0.267 e. The summed E-state index contributed by atoms with van der Waals surface area (Å²) < 4.78 is 26.8. The maximum atomic E-state index is 12.7. The minimum Gasteiger partial charge on any atom is -0.267 e. The van der Waals surface area contributed by atoms with Crippen LogP contribution in [0.15, 0.2) is 29.2 Å². The number of fused-ring (bicyclic) bond motifs is 1. The van der Waals surface area contributed by atoms with Gasteiger partial charge in [0.2, 0.25) is 10.0 Å². The molecule has 1 unspecified atom stereocenters. The van der Waals surface area contributed by atoms with Crippen LogP contribution in [0.3, 0.4) is 0 Å². The van der Waals surface area contributed by atoms with Crippen molar-refractivity contribution < 1.29 is 18.0 Å². The first kappa shape index (κ1) is 23.7. The highest BCUT2D eigenvalue weighted by Crippen LogP contribution is 2.32. The maximum absolute atomic E-state index is 12.7. The second kappa shape index (κ2) is 9.68. The number of carbonyl (C=O) groups excluding carboxylic acids is 2. The van der Waals surface area contributed by atoms with Crippen molar-refractivity contribution in [2.24, 2.45) is 5.92 Å². The van der Waals surface area contributed by atoms with Gasteiger partial charge in [-0.2, -0.15) is 4.31 Å². The molecule has 1 aliphatic rings. The summed E-state index contributed by atoms with van der Waals surface area (Å²) in [5.74, 6) is -0.506. The third kappa shape index (κ3) is 5.11. The van der Waals surface area contributed by atoms with Gasteiger partial charge >= 0.3 is 0 Å². The average Bonchev–Trinajstić information content (AvgIpc) is 3.16. The van der Waals surface area contributed by atoms with Crippen molar-refractivity contribution in [2.75, 3.05) is 13.1 Å². The van der Waals surface area contributed by atoms with Crippen LogP contribution in [0.25, 0.3) is 0 Å². The summed E-state index contributed by atoms with van der Waals surface area (Å²) in [5, 5.41) is 0.0887. The number of rotatable bonds is 6. The SMILES string of the molecule is CCN(CC)S(=O)(=O)c1ccc(Cl)c(C(=O)NNC(=O)c2cc3c(s2)CCC(C)C3)c1. The van der Waals surface area contributed by atoms with Crippen LogP contribution in [0.5, 0.6) is 0 Å². The van der Waals surface area contributed by atoms with E-state index in [9.17, 15) is 18.0 Å². The third-order valence-electron chi connectivity index (χ3n) is 5.37. The Hall–Kier alpha value is -1.94. The lowest BCUT2D eigenvalue weighted by molar-refractivity contribution is 0.0849. The first-order valence-corrected chi connectivity index (χ1v) is 12.8. The molecule has 0 saturated heterocycles. The van der Waals surface area contributed by atoms with E-state index in [2.05, 4.69) is 17.8 Å². The normalized spacial score (nSPS) is 16.1. The Labute approximate surface area is 191 Å². The summed E-state index contributed by atoms with van der Waals surface area (Å²) in [6.45, 7) is 6.29. The molecule has 3 rings (SSSR count). The quantitative estimate of drug-likeness (QED) is 0.613. The molecular weight excluding hydrogens is 458 g/mol. The molecule has 168 valence electrons. The number of amides is 2. The number of halogens is 1. The Morgan fingerprint density at radius 1 is 1.16 bits per heavy atom. The molecule has 0 aliphatic heterocycles. The van der Waals surface area contributed by atoms with E-state index in [1.807, 2.05) is 6.07 Å². The minimum absolute atomic E-state index is 0.0304. The van der Waals surface area contributed by atoms with Gasteiger partial charge in [0.05, 0.1) is 20.4 Å². The highest BCUT2D eigenvalue weighted by atomic mass is 35.5.